The number of halogens is 2. The van der Waals surface area contributed by atoms with Crippen molar-refractivity contribution in [3.8, 4) is 0 Å². The predicted octanol–water partition coefficient (Wildman–Crippen LogP) is 5.64. The number of aromatic nitrogens is 1. The van der Waals surface area contributed by atoms with Gasteiger partial charge in [-0.25, -0.2) is 4.39 Å². The lowest BCUT2D eigenvalue weighted by Crippen LogP contribution is -2.34. The second kappa shape index (κ2) is 7.37. The first kappa shape index (κ1) is 17.5. The molecule has 2 nitrogen and oxygen atoms in total. The first-order valence-corrected chi connectivity index (χ1v) is 9.74. The summed E-state index contributed by atoms with van der Waals surface area (Å²) in [6.07, 6.45) is 5.68. The number of fused-ring (bicyclic) bond motifs is 1. The van der Waals surface area contributed by atoms with Crippen LogP contribution in [0.1, 0.15) is 30.4 Å². The van der Waals surface area contributed by atoms with E-state index in [4.69, 9.17) is 23.8 Å². The molecule has 3 aromatic rings. The number of rotatable bonds is 3. The summed E-state index contributed by atoms with van der Waals surface area (Å²) < 4.78 is 16.3. The van der Waals surface area contributed by atoms with Crippen LogP contribution in [0.4, 0.5) is 4.39 Å². The minimum absolute atomic E-state index is 0.282. The van der Waals surface area contributed by atoms with Gasteiger partial charge in [-0.05, 0) is 37.5 Å². The minimum Gasteiger partial charge on any atom is -0.362 e. The lowest BCUT2D eigenvalue weighted by atomic mass is 10.1. The van der Waals surface area contributed by atoms with Crippen LogP contribution in [0.25, 0.3) is 10.9 Å². The van der Waals surface area contributed by atoms with Gasteiger partial charge in [0, 0.05) is 46.3 Å². The molecule has 0 bridgehead atoms. The van der Waals surface area contributed by atoms with Crippen LogP contribution in [0.15, 0.2) is 48.7 Å². The maximum Gasteiger partial charge on any atom is 0.129 e. The first-order valence-electron chi connectivity index (χ1n) is 8.95. The second-order valence-electron chi connectivity index (χ2n) is 6.74. The highest BCUT2D eigenvalue weighted by molar-refractivity contribution is 7.80. The quantitative estimate of drug-likeness (QED) is 0.538. The summed E-state index contributed by atoms with van der Waals surface area (Å²) >= 11 is 12.0. The van der Waals surface area contributed by atoms with E-state index in [0.29, 0.717) is 17.1 Å². The van der Waals surface area contributed by atoms with E-state index in [0.717, 1.165) is 34.5 Å². The highest BCUT2D eigenvalue weighted by Crippen LogP contribution is 2.27. The van der Waals surface area contributed by atoms with Crippen molar-refractivity contribution in [3.05, 3.63) is 70.6 Å². The average Bonchev–Trinajstić information content (AvgIpc) is 3.04. The van der Waals surface area contributed by atoms with E-state index in [1.54, 1.807) is 12.1 Å². The van der Waals surface area contributed by atoms with Crippen molar-refractivity contribution in [2.75, 3.05) is 13.1 Å². The Hall–Kier alpha value is -1.91. The molecule has 1 aromatic heterocycles. The van der Waals surface area contributed by atoms with Gasteiger partial charge < -0.3 is 9.47 Å². The molecule has 1 aliphatic rings. The second-order valence-corrected chi connectivity index (χ2v) is 7.53. The summed E-state index contributed by atoms with van der Waals surface area (Å²) in [4.78, 5) is 3.18. The van der Waals surface area contributed by atoms with Gasteiger partial charge in [0.1, 0.15) is 10.8 Å². The van der Waals surface area contributed by atoms with Gasteiger partial charge in [0.15, 0.2) is 0 Å². The van der Waals surface area contributed by atoms with E-state index in [1.807, 2.05) is 29.0 Å². The molecule has 0 unspecified atom stereocenters. The van der Waals surface area contributed by atoms with Crippen molar-refractivity contribution in [1.82, 2.24) is 9.47 Å². The van der Waals surface area contributed by atoms with E-state index in [2.05, 4.69) is 11.0 Å². The lowest BCUT2D eigenvalue weighted by molar-refractivity contribution is 0.348. The molecule has 1 fully saturated rings. The summed E-state index contributed by atoms with van der Waals surface area (Å²) in [5.74, 6) is -0.282. The Morgan fingerprint density at radius 1 is 1.04 bits per heavy atom. The number of nitrogens with zero attached hydrogens (tertiary/aromatic N) is 2. The fourth-order valence-corrected chi connectivity index (χ4v) is 4.24. The Kier molecular flexibility index (Phi) is 4.96. The number of para-hydroxylation sites is 1. The Bertz CT molecular complexity index is 940. The fraction of sp³-hybridized carbons (Fsp3) is 0.286. The largest absolute Gasteiger partial charge is 0.362 e. The van der Waals surface area contributed by atoms with Crippen LogP contribution in [-0.4, -0.2) is 27.5 Å². The SMILES string of the molecule is Fc1cccc(Cl)c1Cn1cc(C(=S)N2CCCCC2)c2ccccc21. The third-order valence-electron chi connectivity index (χ3n) is 5.05. The maximum absolute atomic E-state index is 14.3. The Morgan fingerprint density at radius 2 is 1.81 bits per heavy atom. The molecule has 2 aromatic carbocycles. The zero-order valence-electron chi connectivity index (χ0n) is 14.4. The average molecular weight is 387 g/mol. The molecule has 26 heavy (non-hydrogen) atoms. The third kappa shape index (κ3) is 3.24. The minimum atomic E-state index is -0.282. The van der Waals surface area contributed by atoms with Crippen molar-refractivity contribution in [1.29, 1.82) is 0 Å². The van der Waals surface area contributed by atoms with Gasteiger partial charge in [0.05, 0.1) is 6.54 Å². The van der Waals surface area contributed by atoms with Crippen molar-refractivity contribution in [2.45, 2.75) is 25.8 Å². The highest BCUT2D eigenvalue weighted by atomic mass is 35.5. The number of thiocarbonyl (C=S) groups is 1. The monoisotopic (exact) mass is 386 g/mol. The smallest absolute Gasteiger partial charge is 0.129 e. The molecule has 0 amide bonds. The fourth-order valence-electron chi connectivity index (χ4n) is 3.67. The van der Waals surface area contributed by atoms with Crippen LogP contribution in [-0.2, 0) is 6.54 Å². The van der Waals surface area contributed by atoms with Gasteiger partial charge in [-0.3, -0.25) is 0 Å². The normalized spacial score (nSPS) is 14.8. The lowest BCUT2D eigenvalue weighted by Gasteiger charge is -2.28. The molecule has 1 aliphatic heterocycles. The van der Waals surface area contributed by atoms with Crippen LogP contribution in [0.2, 0.25) is 5.02 Å². The van der Waals surface area contributed by atoms with E-state index < -0.39 is 0 Å². The Balaban J connectivity index is 1.75. The molecular formula is C21H20ClFN2S. The number of hydrogen-bond acceptors (Lipinski definition) is 1. The molecule has 134 valence electrons. The molecule has 2 heterocycles. The molecule has 0 saturated carbocycles. The molecule has 0 aliphatic carbocycles. The molecule has 4 rings (SSSR count). The zero-order chi connectivity index (χ0) is 18.1. The molecular weight excluding hydrogens is 367 g/mol. The van der Waals surface area contributed by atoms with Crippen LogP contribution < -0.4 is 0 Å². The van der Waals surface area contributed by atoms with Gasteiger partial charge in [-0.2, -0.15) is 0 Å². The van der Waals surface area contributed by atoms with Gasteiger partial charge in [-0.1, -0.05) is 48.1 Å². The van der Waals surface area contributed by atoms with Gasteiger partial charge in [-0.15, -0.1) is 0 Å². The van der Waals surface area contributed by atoms with Gasteiger partial charge in [0.2, 0.25) is 0 Å². The van der Waals surface area contributed by atoms with Crippen molar-refractivity contribution in [2.24, 2.45) is 0 Å². The van der Waals surface area contributed by atoms with Gasteiger partial charge in [0.25, 0.3) is 0 Å². The number of hydrogen-bond donors (Lipinski definition) is 0. The summed E-state index contributed by atoms with van der Waals surface area (Å²) in [7, 11) is 0. The Morgan fingerprint density at radius 3 is 2.58 bits per heavy atom. The predicted molar refractivity (Wildman–Crippen MR) is 110 cm³/mol. The van der Waals surface area contributed by atoms with E-state index in [9.17, 15) is 4.39 Å². The molecule has 0 atom stereocenters. The Labute approximate surface area is 163 Å². The maximum atomic E-state index is 14.3. The summed E-state index contributed by atoms with van der Waals surface area (Å²) in [6, 6.07) is 13.0. The topological polar surface area (TPSA) is 8.17 Å². The summed E-state index contributed by atoms with van der Waals surface area (Å²) in [5.41, 5.74) is 2.59. The molecule has 1 saturated heterocycles. The summed E-state index contributed by atoms with van der Waals surface area (Å²) in [5, 5.41) is 1.55. The van der Waals surface area contributed by atoms with E-state index in [-0.39, 0.29) is 5.82 Å². The summed E-state index contributed by atoms with van der Waals surface area (Å²) in [6.45, 7) is 2.41. The third-order valence-corrected chi connectivity index (χ3v) is 5.88. The van der Waals surface area contributed by atoms with E-state index >= 15 is 0 Å². The van der Waals surface area contributed by atoms with Crippen LogP contribution in [0, 0.1) is 5.82 Å². The number of piperidine rings is 1. The first-order chi connectivity index (χ1) is 12.6. The highest BCUT2D eigenvalue weighted by Gasteiger charge is 2.20. The van der Waals surface area contributed by atoms with Crippen LogP contribution in [0.5, 0.6) is 0 Å². The van der Waals surface area contributed by atoms with E-state index in [1.165, 1.54) is 25.3 Å². The molecule has 5 heteroatoms. The van der Waals surface area contributed by atoms with Crippen LogP contribution >= 0.6 is 23.8 Å². The zero-order valence-corrected chi connectivity index (χ0v) is 16.0. The molecule has 0 spiro atoms. The van der Waals surface area contributed by atoms with Gasteiger partial charge >= 0.3 is 0 Å². The van der Waals surface area contributed by atoms with Crippen molar-refractivity contribution >= 4 is 39.7 Å². The van der Waals surface area contributed by atoms with Crippen molar-refractivity contribution in [3.63, 3.8) is 0 Å². The standard InChI is InChI=1S/C21H20ClFN2S/c22-18-8-6-9-19(23)17(18)14-25-13-16(15-7-2-3-10-20(15)25)21(26)24-11-4-1-5-12-24/h2-3,6-10,13H,1,4-5,11-12,14H2. The molecule has 0 radical (unpaired) electrons. The van der Waals surface area contributed by atoms with Crippen LogP contribution in [0.3, 0.4) is 0 Å². The molecule has 0 N–H and O–H groups in total. The van der Waals surface area contributed by atoms with Crippen molar-refractivity contribution < 1.29 is 4.39 Å². The number of likely N-dealkylation sites (tertiary alicyclic amines) is 1. The number of benzene rings is 2.